The van der Waals surface area contributed by atoms with Gasteiger partial charge in [-0.05, 0) is 30.5 Å². The fourth-order valence-electron chi connectivity index (χ4n) is 1.63. The number of hydrogen-bond acceptors (Lipinski definition) is 3. The summed E-state index contributed by atoms with van der Waals surface area (Å²) in [5.41, 5.74) is 0.290. The summed E-state index contributed by atoms with van der Waals surface area (Å²) < 4.78 is 4.90. The largest absolute Gasteiger partial charge is 0.452 e. The van der Waals surface area contributed by atoms with Crippen LogP contribution in [0.3, 0.4) is 0 Å². The summed E-state index contributed by atoms with van der Waals surface area (Å²) in [6.45, 7) is 5.06. The Morgan fingerprint density at radius 3 is 2.63 bits per heavy atom. The number of carbonyl (C=O) groups is 2. The Labute approximate surface area is 117 Å². The van der Waals surface area contributed by atoms with E-state index in [0.29, 0.717) is 18.7 Å². The molecule has 0 aliphatic rings. The fraction of sp³-hybridized carbons (Fsp3) is 0.538. The molecule has 0 unspecified atom stereocenters. The molecule has 5 nitrogen and oxygen atoms in total. The normalized spacial score (nSPS) is 10.3. The number of amides is 2. The molecule has 0 fully saturated rings. The molecule has 0 aliphatic carbocycles. The Bertz CT molecular complexity index is 431. The maximum atomic E-state index is 12.2. The molecule has 0 spiro atoms. The minimum atomic E-state index is -0.285. The molecule has 6 heteroatoms. The first-order valence-corrected chi connectivity index (χ1v) is 6.76. The van der Waals surface area contributed by atoms with Gasteiger partial charge in [0.1, 0.15) is 0 Å². The van der Waals surface area contributed by atoms with Crippen molar-refractivity contribution in [2.24, 2.45) is 0 Å². The maximum Gasteiger partial charge on any atom is 0.259 e. The predicted molar refractivity (Wildman–Crippen MR) is 73.2 cm³/mol. The van der Waals surface area contributed by atoms with Crippen molar-refractivity contribution in [1.82, 2.24) is 10.2 Å². The minimum absolute atomic E-state index is 0.0359. The topological polar surface area (TPSA) is 62.6 Å². The molecule has 106 valence electrons. The molecular formula is C13H19ClN2O3. The quantitative estimate of drug-likeness (QED) is 0.837. The van der Waals surface area contributed by atoms with Gasteiger partial charge >= 0.3 is 0 Å². The van der Waals surface area contributed by atoms with E-state index >= 15 is 0 Å². The van der Waals surface area contributed by atoms with Crippen LogP contribution in [0.2, 0.25) is 5.22 Å². The highest BCUT2D eigenvalue weighted by molar-refractivity contribution is 6.32. The van der Waals surface area contributed by atoms with E-state index in [1.54, 1.807) is 0 Å². The Morgan fingerprint density at radius 1 is 1.37 bits per heavy atom. The van der Waals surface area contributed by atoms with E-state index in [-0.39, 0.29) is 23.6 Å². The van der Waals surface area contributed by atoms with E-state index in [1.807, 2.05) is 13.8 Å². The lowest BCUT2D eigenvalue weighted by Crippen LogP contribution is -2.41. The van der Waals surface area contributed by atoms with Gasteiger partial charge in [-0.1, -0.05) is 13.8 Å². The highest BCUT2D eigenvalue weighted by Gasteiger charge is 2.21. The SMILES string of the molecule is CCCNC(=O)CN(CCC)C(=O)c1ccoc1Cl. The number of hydrogen-bond donors (Lipinski definition) is 1. The van der Waals surface area contributed by atoms with Gasteiger partial charge in [0.05, 0.1) is 18.4 Å². The van der Waals surface area contributed by atoms with Gasteiger partial charge in [-0.2, -0.15) is 0 Å². The average molecular weight is 287 g/mol. The molecule has 0 aromatic carbocycles. The van der Waals surface area contributed by atoms with Crippen LogP contribution >= 0.6 is 11.6 Å². The maximum absolute atomic E-state index is 12.2. The smallest absolute Gasteiger partial charge is 0.259 e. The summed E-state index contributed by atoms with van der Waals surface area (Å²) in [4.78, 5) is 25.4. The van der Waals surface area contributed by atoms with E-state index in [4.69, 9.17) is 16.0 Å². The molecule has 0 bridgehead atoms. The zero-order valence-corrected chi connectivity index (χ0v) is 12.0. The van der Waals surface area contributed by atoms with Gasteiger partial charge in [0.25, 0.3) is 5.91 Å². The lowest BCUT2D eigenvalue weighted by Gasteiger charge is -2.21. The minimum Gasteiger partial charge on any atom is -0.452 e. The third-order valence-corrected chi connectivity index (χ3v) is 2.83. The van der Waals surface area contributed by atoms with Gasteiger partial charge in [-0.25, -0.2) is 0 Å². The summed E-state index contributed by atoms with van der Waals surface area (Å²) in [6.07, 6.45) is 2.99. The molecule has 19 heavy (non-hydrogen) atoms. The molecule has 0 aliphatic heterocycles. The first-order valence-electron chi connectivity index (χ1n) is 6.39. The lowest BCUT2D eigenvalue weighted by molar-refractivity contribution is -0.121. The van der Waals surface area contributed by atoms with Crippen molar-refractivity contribution in [1.29, 1.82) is 0 Å². The van der Waals surface area contributed by atoms with E-state index in [1.165, 1.54) is 17.2 Å². The number of furan rings is 1. The van der Waals surface area contributed by atoms with Crippen LogP contribution in [-0.4, -0.2) is 36.3 Å². The van der Waals surface area contributed by atoms with Crippen molar-refractivity contribution in [3.63, 3.8) is 0 Å². The molecule has 1 heterocycles. The van der Waals surface area contributed by atoms with E-state index < -0.39 is 0 Å². The fourth-order valence-corrected chi connectivity index (χ4v) is 1.83. The van der Waals surface area contributed by atoms with Gasteiger partial charge < -0.3 is 14.6 Å². The van der Waals surface area contributed by atoms with Crippen molar-refractivity contribution < 1.29 is 14.0 Å². The number of nitrogens with zero attached hydrogens (tertiary/aromatic N) is 1. The molecule has 0 atom stereocenters. The standard InChI is InChI=1S/C13H19ClN2O3/c1-3-6-15-11(17)9-16(7-4-2)13(18)10-5-8-19-12(10)14/h5,8H,3-4,6-7,9H2,1-2H3,(H,15,17). The highest BCUT2D eigenvalue weighted by Crippen LogP contribution is 2.18. The first-order chi connectivity index (χ1) is 9.10. The Balaban J connectivity index is 2.69. The summed E-state index contributed by atoms with van der Waals surface area (Å²) in [6, 6.07) is 1.51. The zero-order chi connectivity index (χ0) is 14.3. The van der Waals surface area contributed by atoms with Crippen LogP contribution in [0.4, 0.5) is 0 Å². The highest BCUT2D eigenvalue weighted by atomic mass is 35.5. The van der Waals surface area contributed by atoms with Crippen molar-refractivity contribution >= 4 is 23.4 Å². The van der Waals surface area contributed by atoms with Gasteiger partial charge in [0.15, 0.2) is 0 Å². The lowest BCUT2D eigenvalue weighted by atomic mass is 10.2. The second-order valence-electron chi connectivity index (χ2n) is 4.18. The molecule has 2 amide bonds. The van der Waals surface area contributed by atoms with Crippen LogP contribution in [-0.2, 0) is 4.79 Å². The number of nitrogens with one attached hydrogen (secondary N) is 1. The van der Waals surface area contributed by atoms with Crippen LogP contribution in [0, 0.1) is 0 Å². The Hall–Kier alpha value is -1.49. The Morgan fingerprint density at radius 2 is 2.11 bits per heavy atom. The average Bonchev–Trinajstić information content (AvgIpc) is 2.81. The molecule has 0 saturated carbocycles. The van der Waals surface area contributed by atoms with Gasteiger partial charge in [0, 0.05) is 13.1 Å². The van der Waals surface area contributed by atoms with E-state index in [2.05, 4.69) is 5.32 Å². The Kier molecular flexibility index (Phi) is 6.42. The molecule has 1 aromatic heterocycles. The summed E-state index contributed by atoms with van der Waals surface area (Å²) >= 11 is 5.78. The molecule has 1 rings (SSSR count). The monoisotopic (exact) mass is 286 g/mol. The van der Waals surface area contributed by atoms with Gasteiger partial charge in [0.2, 0.25) is 11.1 Å². The predicted octanol–water partition coefficient (Wildman–Crippen LogP) is 2.31. The molecule has 1 aromatic rings. The molecule has 0 saturated heterocycles. The number of rotatable bonds is 7. The summed E-state index contributed by atoms with van der Waals surface area (Å²) in [5, 5.41) is 2.80. The summed E-state index contributed by atoms with van der Waals surface area (Å²) in [5.74, 6) is -0.449. The summed E-state index contributed by atoms with van der Waals surface area (Å²) in [7, 11) is 0. The zero-order valence-electron chi connectivity index (χ0n) is 11.2. The molecular weight excluding hydrogens is 268 g/mol. The van der Waals surface area contributed by atoms with Crippen molar-refractivity contribution in [2.45, 2.75) is 26.7 Å². The van der Waals surface area contributed by atoms with Gasteiger partial charge in [-0.15, -0.1) is 0 Å². The van der Waals surface area contributed by atoms with Crippen LogP contribution in [0.1, 0.15) is 37.0 Å². The van der Waals surface area contributed by atoms with Gasteiger partial charge in [-0.3, -0.25) is 9.59 Å². The van der Waals surface area contributed by atoms with E-state index in [9.17, 15) is 9.59 Å². The van der Waals surface area contributed by atoms with Crippen molar-refractivity contribution in [2.75, 3.05) is 19.6 Å². The van der Waals surface area contributed by atoms with Crippen LogP contribution in [0.5, 0.6) is 0 Å². The second kappa shape index (κ2) is 7.84. The molecule has 0 radical (unpaired) electrons. The number of carbonyl (C=O) groups excluding carboxylic acids is 2. The van der Waals surface area contributed by atoms with E-state index in [0.717, 1.165) is 12.8 Å². The van der Waals surface area contributed by atoms with Crippen LogP contribution < -0.4 is 5.32 Å². The van der Waals surface area contributed by atoms with Crippen LogP contribution in [0.15, 0.2) is 16.7 Å². The third-order valence-electron chi connectivity index (χ3n) is 2.54. The van der Waals surface area contributed by atoms with Crippen LogP contribution in [0.25, 0.3) is 0 Å². The molecule has 1 N–H and O–H groups in total. The third kappa shape index (κ3) is 4.59. The van der Waals surface area contributed by atoms with Crippen molar-refractivity contribution in [3.8, 4) is 0 Å². The second-order valence-corrected chi connectivity index (χ2v) is 4.53. The number of halogens is 1. The van der Waals surface area contributed by atoms with Crippen molar-refractivity contribution in [3.05, 3.63) is 23.1 Å². The first kappa shape index (κ1) is 15.6.